The number of anilines is 1. The zero-order chi connectivity index (χ0) is 21.5. The highest BCUT2D eigenvalue weighted by Gasteiger charge is 2.40. The number of nitrogens with one attached hydrogen (secondary N) is 1. The van der Waals surface area contributed by atoms with Gasteiger partial charge in [-0.2, -0.15) is 0 Å². The summed E-state index contributed by atoms with van der Waals surface area (Å²) in [5, 5.41) is 3.60. The lowest BCUT2D eigenvalue weighted by Crippen LogP contribution is -2.33. The van der Waals surface area contributed by atoms with Crippen molar-refractivity contribution in [1.29, 1.82) is 0 Å². The molecule has 2 fully saturated rings. The Labute approximate surface area is 181 Å². The van der Waals surface area contributed by atoms with Gasteiger partial charge in [0.1, 0.15) is 18.0 Å². The zero-order valence-corrected chi connectivity index (χ0v) is 18.2. The molecule has 1 N–H and O–H groups in total. The number of fused-ring (bicyclic) bond motifs is 1. The fraction of sp³-hybridized carbons (Fsp3) is 0.545. The molecule has 1 aliphatic heterocycles. The summed E-state index contributed by atoms with van der Waals surface area (Å²) in [6.45, 7) is 8.37. The second kappa shape index (κ2) is 7.86. The molecule has 162 valence electrons. The molecule has 3 aromatic heterocycles. The molecular weight excluding hydrogens is 392 g/mol. The lowest BCUT2D eigenvalue weighted by Gasteiger charge is -2.19. The van der Waals surface area contributed by atoms with Gasteiger partial charge in [0.05, 0.1) is 5.56 Å². The molecule has 4 heterocycles. The average molecular weight is 421 g/mol. The van der Waals surface area contributed by atoms with Gasteiger partial charge in [0, 0.05) is 44.0 Å². The second-order valence-electron chi connectivity index (χ2n) is 8.53. The molecular formula is C22H28N8O. The standard InChI is InChI=1S/C22H28N8O/c1-4-14-10-29(22(31)15-6-7-15)11-17(14)27-19-18-21(26-12-25-19)30(5-2)20(28-18)16-8-23-13(3)24-9-16/h8-9,12,14-15,17H,4-7,10-11H2,1-3H3,(H,25,26,27). The third-order valence-electron chi connectivity index (χ3n) is 6.41. The van der Waals surface area contributed by atoms with Crippen LogP contribution in [0.1, 0.15) is 38.9 Å². The molecule has 0 aromatic carbocycles. The van der Waals surface area contributed by atoms with Gasteiger partial charge in [-0.05, 0) is 39.0 Å². The van der Waals surface area contributed by atoms with E-state index in [1.807, 2.05) is 11.8 Å². The molecule has 1 saturated carbocycles. The summed E-state index contributed by atoms with van der Waals surface area (Å²) in [6.07, 6.45) is 8.25. The van der Waals surface area contributed by atoms with E-state index in [1.54, 1.807) is 18.7 Å². The summed E-state index contributed by atoms with van der Waals surface area (Å²) >= 11 is 0. The predicted molar refractivity (Wildman–Crippen MR) is 117 cm³/mol. The fourth-order valence-electron chi connectivity index (χ4n) is 4.46. The molecule has 5 rings (SSSR count). The molecule has 9 nitrogen and oxygen atoms in total. The van der Waals surface area contributed by atoms with Gasteiger partial charge in [-0.25, -0.2) is 24.9 Å². The van der Waals surface area contributed by atoms with Crippen molar-refractivity contribution >= 4 is 22.9 Å². The number of imidazole rings is 1. The van der Waals surface area contributed by atoms with Gasteiger partial charge in [-0.15, -0.1) is 0 Å². The Bertz CT molecular complexity index is 1100. The van der Waals surface area contributed by atoms with Crippen LogP contribution in [-0.4, -0.2) is 59.4 Å². The Balaban J connectivity index is 1.47. The van der Waals surface area contributed by atoms with Crippen molar-refractivity contribution < 1.29 is 4.79 Å². The zero-order valence-electron chi connectivity index (χ0n) is 18.2. The van der Waals surface area contributed by atoms with Gasteiger partial charge >= 0.3 is 0 Å². The summed E-state index contributed by atoms with van der Waals surface area (Å²) in [5.74, 6) is 3.18. The first kappa shape index (κ1) is 19.8. The molecule has 9 heteroatoms. The Morgan fingerprint density at radius 3 is 2.58 bits per heavy atom. The van der Waals surface area contributed by atoms with Gasteiger partial charge in [0.15, 0.2) is 17.0 Å². The third-order valence-corrected chi connectivity index (χ3v) is 6.41. The summed E-state index contributed by atoms with van der Waals surface area (Å²) in [5.41, 5.74) is 2.37. The van der Waals surface area contributed by atoms with Crippen molar-refractivity contribution in [3.8, 4) is 11.4 Å². The second-order valence-corrected chi connectivity index (χ2v) is 8.53. The number of aromatic nitrogens is 6. The SMILES string of the molecule is CCC1CN(C(=O)C2CC2)CC1Nc1ncnc2c1nc(-c1cnc(C)nc1)n2CC. The Kier molecular flexibility index (Phi) is 5.03. The number of hydrogen-bond donors (Lipinski definition) is 1. The van der Waals surface area contributed by atoms with Crippen LogP contribution < -0.4 is 5.32 Å². The molecule has 1 aliphatic carbocycles. The first-order chi connectivity index (χ1) is 15.1. The van der Waals surface area contributed by atoms with Crippen molar-refractivity contribution in [2.75, 3.05) is 18.4 Å². The summed E-state index contributed by atoms with van der Waals surface area (Å²) < 4.78 is 2.06. The first-order valence-electron chi connectivity index (χ1n) is 11.1. The number of carbonyl (C=O) groups excluding carboxylic acids is 1. The Morgan fingerprint density at radius 1 is 1.13 bits per heavy atom. The topological polar surface area (TPSA) is 102 Å². The molecule has 0 radical (unpaired) electrons. The van der Waals surface area contributed by atoms with E-state index < -0.39 is 0 Å². The number of rotatable bonds is 6. The van der Waals surface area contributed by atoms with E-state index in [2.05, 4.69) is 43.7 Å². The van der Waals surface area contributed by atoms with E-state index >= 15 is 0 Å². The van der Waals surface area contributed by atoms with E-state index in [4.69, 9.17) is 4.98 Å². The highest BCUT2D eigenvalue weighted by molar-refractivity contribution is 5.86. The molecule has 2 aliphatic rings. The lowest BCUT2D eigenvalue weighted by atomic mass is 10.0. The van der Waals surface area contributed by atoms with Crippen LogP contribution in [0.3, 0.4) is 0 Å². The summed E-state index contributed by atoms with van der Waals surface area (Å²) in [4.78, 5) is 37.2. The molecule has 3 aromatic rings. The minimum absolute atomic E-state index is 0.156. The number of amides is 1. The van der Waals surface area contributed by atoms with E-state index in [-0.39, 0.29) is 12.0 Å². The smallest absolute Gasteiger partial charge is 0.225 e. The summed E-state index contributed by atoms with van der Waals surface area (Å²) in [6, 6.07) is 0.156. The van der Waals surface area contributed by atoms with Crippen LogP contribution in [0.25, 0.3) is 22.6 Å². The van der Waals surface area contributed by atoms with Crippen LogP contribution in [0.4, 0.5) is 5.82 Å². The van der Waals surface area contributed by atoms with Crippen molar-refractivity contribution in [2.45, 2.75) is 52.6 Å². The van der Waals surface area contributed by atoms with Crippen LogP contribution in [-0.2, 0) is 11.3 Å². The quantitative estimate of drug-likeness (QED) is 0.654. The molecule has 1 saturated heterocycles. The van der Waals surface area contributed by atoms with Crippen LogP contribution in [0.2, 0.25) is 0 Å². The van der Waals surface area contributed by atoms with Crippen molar-refractivity contribution in [1.82, 2.24) is 34.4 Å². The maximum absolute atomic E-state index is 12.6. The van der Waals surface area contributed by atoms with Crippen LogP contribution in [0.5, 0.6) is 0 Å². The van der Waals surface area contributed by atoms with Crippen LogP contribution >= 0.6 is 0 Å². The largest absolute Gasteiger partial charge is 0.363 e. The van der Waals surface area contributed by atoms with Gasteiger partial charge in [-0.1, -0.05) is 6.92 Å². The molecule has 0 bridgehead atoms. The number of hydrogen-bond acceptors (Lipinski definition) is 7. The maximum Gasteiger partial charge on any atom is 0.225 e. The molecule has 31 heavy (non-hydrogen) atoms. The first-order valence-corrected chi connectivity index (χ1v) is 11.1. The molecule has 2 unspecified atom stereocenters. The van der Waals surface area contributed by atoms with E-state index in [9.17, 15) is 4.79 Å². The van der Waals surface area contributed by atoms with Crippen LogP contribution in [0, 0.1) is 18.8 Å². The normalized spacial score (nSPS) is 21.1. The predicted octanol–water partition coefficient (Wildman–Crippen LogP) is 2.67. The van der Waals surface area contributed by atoms with Crippen LogP contribution in [0.15, 0.2) is 18.7 Å². The average Bonchev–Trinajstić information content (AvgIpc) is 3.45. The number of aryl methyl sites for hydroxylation is 2. The number of carbonyl (C=O) groups is 1. The maximum atomic E-state index is 12.6. The number of likely N-dealkylation sites (tertiary alicyclic amines) is 1. The van der Waals surface area contributed by atoms with Gasteiger partial charge in [0.2, 0.25) is 5.91 Å². The lowest BCUT2D eigenvalue weighted by molar-refractivity contribution is -0.131. The highest BCUT2D eigenvalue weighted by Crippen LogP contribution is 2.34. The van der Waals surface area contributed by atoms with E-state index in [0.29, 0.717) is 18.4 Å². The van der Waals surface area contributed by atoms with Gasteiger partial charge in [-0.3, -0.25) is 4.79 Å². The minimum Gasteiger partial charge on any atom is -0.363 e. The van der Waals surface area contributed by atoms with Crippen molar-refractivity contribution in [2.24, 2.45) is 11.8 Å². The van der Waals surface area contributed by atoms with E-state index in [1.165, 1.54) is 0 Å². The van der Waals surface area contributed by atoms with Crippen molar-refractivity contribution in [3.05, 3.63) is 24.5 Å². The molecule has 1 amide bonds. The molecule has 2 atom stereocenters. The Morgan fingerprint density at radius 2 is 1.90 bits per heavy atom. The number of nitrogens with zero attached hydrogens (tertiary/aromatic N) is 7. The van der Waals surface area contributed by atoms with Crippen molar-refractivity contribution in [3.63, 3.8) is 0 Å². The molecule has 0 spiro atoms. The van der Waals surface area contributed by atoms with E-state index in [0.717, 1.165) is 66.5 Å². The monoisotopic (exact) mass is 420 g/mol. The Hall–Kier alpha value is -3.10. The minimum atomic E-state index is 0.156. The highest BCUT2D eigenvalue weighted by atomic mass is 16.2. The third kappa shape index (κ3) is 3.62. The van der Waals surface area contributed by atoms with Gasteiger partial charge < -0.3 is 14.8 Å². The fourth-order valence-corrected chi connectivity index (χ4v) is 4.46. The summed E-state index contributed by atoms with van der Waals surface area (Å²) in [7, 11) is 0. The van der Waals surface area contributed by atoms with Gasteiger partial charge in [0.25, 0.3) is 0 Å².